The Morgan fingerprint density at radius 1 is 1.15 bits per heavy atom. The lowest BCUT2D eigenvalue weighted by molar-refractivity contribution is 0.102. The molecule has 3 heterocycles. The number of anilines is 2. The highest BCUT2D eigenvalue weighted by Gasteiger charge is 2.21. The minimum atomic E-state index is -0.102. The van der Waals surface area contributed by atoms with Crippen molar-refractivity contribution >= 4 is 28.8 Å². The Kier molecular flexibility index (Phi) is 6.17. The standard InChI is InChI=1S/C27H29N5O/c1-2-11-29-25-16-19(10-13-30-25)24-15-20-6-4-8-23(26(20)31-24)32-27(33)21-7-3-5-18(14-21)22-9-12-28-17-22/h3-8,10,13-14,16,22,28H,2,9,11-12,15,17H2,1H3,(H,29,30)(H,32,33). The van der Waals surface area contributed by atoms with E-state index >= 15 is 0 Å². The second-order valence-electron chi connectivity index (χ2n) is 8.67. The van der Waals surface area contributed by atoms with E-state index in [-0.39, 0.29) is 5.91 Å². The molecule has 1 amide bonds. The first kappa shape index (κ1) is 21.3. The van der Waals surface area contributed by atoms with Gasteiger partial charge in [0.05, 0.1) is 17.1 Å². The number of para-hydroxylation sites is 1. The van der Waals surface area contributed by atoms with Gasteiger partial charge in [-0.3, -0.25) is 4.79 Å². The zero-order valence-corrected chi connectivity index (χ0v) is 18.9. The van der Waals surface area contributed by atoms with Crippen LogP contribution < -0.4 is 16.0 Å². The van der Waals surface area contributed by atoms with E-state index in [4.69, 9.17) is 4.99 Å². The molecule has 168 valence electrons. The SMILES string of the molecule is CCCNc1cc(C2=Nc3c(cccc3NC(=O)c3cccc(C4CCNC4)c3)C2)ccn1. The first-order valence-electron chi connectivity index (χ1n) is 11.7. The van der Waals surface area contributed by atoms with Crippen LogP contribution in [0.5, 0.6) is 0 Å². The summed E-state index contributed by atoms with van der Waals surface area (Å²) in [5.74, 6) is 1.23. The lowest BCUT2D eigenvalue weighted by atomic mass is 9.96. The number of benzene rings is 2. The number of amides is 1. The van der Waals surface area contributed by atoms with Crippen molar-refractivity contribution < 1.29 is 4.79 Å². The molecule has 1 saturated heterocycles. The molecule has 0 aliphatic carbocycles. The number of nitrogens with one attached hydrogen (secondary N) is 3. The second kappa shape index (κ2) is 9.55. The molecule has 0 spiro atoms. The molecule has 33 heavy (non-hydrogen) atoms. The van der Waals surface area contributed by atoms with Gasteiger partial charge in [-0.2, -0.15) is 0 Å². The van der Waals surface area contributed by atoms with E-state index in [0.717, 1.165) is 72.9 Å². The maximum atomic E-state index is 13.1. The van der Waals surface area contributed by atoms with E-state index in [1.807, 2.05) is 48.7 Å². The van der Waals surface area contributed by atoms with Gasteiger partial charge in [0.25, 0.3) is 5.91 Å². The fourth-order valence-corrected chi connectivity index (χ4v) is 4.52. The number of aromatic nitrogens is 1. The monoisotopic (exact) mass is 439 g/mol. The molecule has 0 saturated carbocycles. The molecule has 3 N–H and O–H groups in total. The molecule has 6 nitrogen and oxygen atoms in total. The number of nitrogens with zero attached hydrogens (tertiary/aromatic N) is 2. The number of carbonyl (C=O) groups excluding carboxylic acids is 1. The van der Waals surface area contributed by atoms with Gasteiger partial charge in [0.2, 0.25) is 0 Å². The van der Waals surface area contributed by atoms with Crippen molar-refractivity contribution in [3.8, 4) is 0 Å². The van der Waals surface area contributed by atoms with Crippen molar-refractivity contribution in [1.29, 1.82) is 0 Å². The Morgan fingerprint density at radius 2 is 2.06 bits per heavy atom. The first-order chi connectivity index (χ1) is 16.2. The molecule has 2 aromatic carbocycles. The molecule has 3 aromatic rings. The molecule has 0 bridgehead atoms. The van der Waals surface area contributed by atoms with Crippen LogP contribution in [0.3, 0.4) is 0 Å². The molecular formula is C27H29N5O. The van der Waals surface area contributed by atoms with E-state index in [0.29, 0.717) is 11.5 Å². The zero-order chi connectivity index (χ0) is 22.6. The van der Waals surface area contributed by atoms with Gasteiger partial charge in [-0.25, -0.2) is 9.98 Å². The molecule has 0 radical (unpaired) electrons. The van der Waals surface area contributed by atoms with Crippen LogP contribution in [0.4, 0.5) is 17.2 Å². The molecular weight excluding hydrogens is 410 g/mol. The van der Waals surface area contributed by atoms with Gasteiger partial charge in [0, 0.05) is 36.8 Å². The molecule has 2 aliphatic heterocycles. The number of aliphatic imine (C=N–C) groups is 1. The molecule has 5 rings (SSSR count). The van der Waals surface area contributed by atoms with Crippen molar-refractivity contribution in [2.75, 3.05) is 30.3 Å². The number of hydrogen-bond acceptors (Lipinski definition) is 5. The van der Waals surface area contributed by atoms with Crippen molar-refractivity contribution in [3.63, 3.8) is 0 Å². The maximum Gasteiger partial charge on any atom is 0.255 e. The highest BCUT2D eigenvalue weighted by atomic mass is 16.1. The predicted octanol–water partition coefficient (Wildman–Crippen LogP) is 4.91. The van der Waals surface area contributed by atoms with Crippen molar-refractivity contribution in [1.82, 2.24) is 10.3 Å². The van der Waals surface area contributed by atoms with E-state index in [1.165, 1.54) is 5.56 Å². The number of carbonyl (C=O) groups is 1. The van der Waals surface area contributed by atoms with E-state index in [9.17, 15) is 4.79 Å². The summed E-state index contributed by atoms with van der Waals surface area (Å²) in [5.41, 5.74) is 6.65. The van der Waals surface area contributed by atoms with Gasteiger partial charge in [0.15, 0.2) is 0 Å². The van der Waals surface area contributed by atoms with Gasteiger partial charge in [-0.1, -0.05) is 31.2 Å². The minimum absolute atomic E-state index is 0.102. The fraction of sp³-hybridized carbons (Fsp3) is 0.296. The van der Waals surface area contributed by atoms with Crippen LogP contribution in [-0.2, 0) is 6.42 Å². The van der Waals surface area contributed by atoms with Crippen LogP contribution in [0, 0.1) is 0 Å². The third-order valence-electron chi connectivity index (χ3n) is 6.30. The summed E-state index contributed by atoms with van der Waals surface area (Å²) >= 11 is 0. The van der Waals surface area contributed by atoms with E-state index in [2.05, 4.69) is 40.0 Å². The van der Waals surface area contributed by atoms with Gasteiger partial charge < -0.3 is 16.0 Å². The van der Waals surface area contributed by atoms with Crippen LogP contribution in [-0.4, -0.2) is 36.2 Å². The molecule has 2 aliphatic rings. The summed E-state index contributed by atoms with van der Waals surface area (Å²) in [6.07, 6.45) is 4.70. The number of fused-ring (bicyclic) bond motifs is 1. The number of rotatable bonds is 7. The average molecular weight is 440 g/mol. The van der Waals surface area contributed by atoms with Gasteiger partial charge >= 0.3 is 0 Å². The Hall–Kier alpha value is -3.51. The number of hydrogen-bond donors (Lipinski definition) is 3. The third-order valence-corrected chi connectivity index (χ3v) is 6.30. The second-order valence-corrected chi connectivity index (χ2v) is 8.67. The summed E-state index contributed by atoms with van der Waals surface area (Å²) in [7, 11) is 0. The lowest BCUT2D eigenvalue weighted by Crippen LogP contribution is -2.13. The lowest BCUT2D eigenvalue weighted by Gasteiger charge is -2.12. The van der Waals surface area contributed by atoms with Crippen LogP contribution in [0.15, 0.2) is 65.8 Å². The van der Waals surface area contributed by atoms with Crippen molar-refractivity contribution in [3.05, 3.63) is 83.0 Å². The third kappa shape index (κ3) is 4.66. The largest absolute Gasteiger partial charge is 0.370 e. The van der Waals surface area contributed by atoms with Crippen molar-refractivity contribution in [2.24, 2.45) is 4.99 Å². The highest BCUT2D eigenvalue weighted by Crippen LogP contribution is 2.36. The van der Waals surface area contributed by atoms with E-state index < -0.39 is 0 Å². The topological polar surface area (TPSA) is 78.4 Å². The first-order valence-corrected chi connectivity index (χ1v) is 11.7. The average Bonchev–Trinajstić information content (AvgIpc) is 3.54. The Labute approximate surface area is 194 Å². The molecule has 6 heteroatoms. The molecule has 1 unspecified atom stereocenters. The summed E-state index contributed by atoms with van der Waals surface area (Å²) < 4.78 is 0. The summed E-state index contributed by atoms with van der Waals surface area (Å²) in [6, 6.07) is 18.0. The Morgan fingerprint density at radius 3 is 2.91 bits per heavy atom. The smallest absolute Gasteiger partial charge is 0.255 e. The summed E-state index contributed by atoms with van der Waals surface area (Å²) in [6.45, 7) is 5.02. The Bertz CT molecular complexity index is 1200. The molecule has 1 atom stereocenters. The normalized spacial score (nSPS) is 16.9. The zero-order valence-electron chi connectivity index (χ0n) is 18.9. The number of pyridine rings is 1. The van der Waals surface area contributed by atoms with Crippen molar-refractivity contribution in [2.45, 2.75) is 32.1 Å². The predicted molar refractivity (Wildman–Crippen MR) is 134 cm³/mol. The van der Waals surface area contributed by atoms with Gasteiger partial charge in [-0.05, 0) is 66.8 Å². The quantitative estimate of drug-likeness (QED) is 0.489. The van der Waals surface area contributed by atoms with Gasteiger partial charge in [0.1, 0.15) is 5.82 Å². The fourth-order valence-electron chi connectivity index (χ4n) is 4.52. The summed E-state index contributed by atoms with van der Waals surface area (Å²) in [5, 5.41) is 9.83. The Balaban J connectivity index is 1.36. The highest BCUT2D eigenvalue weighted by molar-refractivity contribution is 6.11. The minimum Gasteiger partial charge on any atom is -0.370 e. The van der Waals surface area contributed by atoms with Gasteiger partial charge in [-0.15, -0.1) is 0 Å². The van der Waals surface area contributed by atoms with Crippen LogP contribution >= 0.6 is 0 Å². The van der Waals surface area contributed by atoms with Crippen LogP contribution in [0.2, 0.25) is 0 Å². The maximum absolute atomic E-state index is 13.1. The summed E-state index contributed by atoms with van der Waals surface area (Å²) in [4.78, 5) is 22.4. The van der Waals surface area contributed by atoms with Crippen LogP contribution in [0.1, 0.15) is 52.7 Å². The molecule has 1 fully saturated rings. The van der Waals surface area contributed by atoms with E-state index in [1.54, 1.807) is 0 Å². The van der Waals surface area contributed by atoms with Crippen LogP contribution in [0.25, 0.3) is 0 Å². The molecule has 1 aromatic heterocycles.